The van der Waals surface area contributed by atoms with Crippen molar-refractivity contribution in [2.45, 2.75) is 46.6 Å². The molecule has 0 spiro atoms. The zero-order valence-corrected chi connectivity index (χ0v) is 18.1. The molecule has 1 atom stereocenters. The van der Waals surface area contributed by atoms with Gasteiger partial charge in [-0.15, -0.1) is 0 Å². The average molecular weight is 408 g/mol. The molecule has 1 fully saturated rings. The molecule has 1 aliphatic heterocycles. The molecule has 1 aliphatic rings. The van der Waals surface area contributed by atoms with Gasteiger partial charge >= 0.3 is 0 Å². The van der Waals surface area contributed by atoms with E-state index < -0.39 is 17.7 Å². The van der Waals surface area contributed by atoms with Crippen molar-refractivity contribution in [3.8, 4) is 5.75 Å². The third-order valence-electron chi connectivity index (χ3n) is 5.45. The van der Waals surface area contributed by atoms with E-state index in [1.807, 2.05) is 64.1 Å². The van der Waals surface area contributed by atoms with E-state index in [1.54, 1.807) is 11.0 Å². The molecule has 0 radical (unpaired) electrons. The topological polar surface area (TPSA) is 66.8 Å². The normalized spacial score (nSPS) is 18.1. The van der Waals surface area contributed by atoms with Gasteiger partial charge in [0.05, 0.1) is 18.2 Å². The van der Waals surface area contributed by atoms with Crippen molar-refractivity contribution >= 4 is 17.4 Å². The molecule has 2 aromatic rings. The Bertz CT molecular complexity index is 975. The Balaban J connectivity index is 2.10. The maximum absolute atomic E-state index is 12.9. The van der Waals surface area contributed by atoms with E-state index in [0.717, 1.165) is 28.9 Å². The number of ketones is 1. The summed E-state index contributed by atoms with van der Waals surface area (Å²) in [4.78, 5) is 27.2. The van der Waals surface area contributed by atoms with Gasteiger partial charge in [-0.25, -0.2) is 0 Å². The number of carbonyl (C=O) groups excluding carboxylic acids is 2. The van der Waals surface area contributed by atoms with Crippen molar-refractivity contribution in [3.05, 3.63) is 70.3 Å². The van der Waals surface area contributed by atoms with Crippen molar-refractivity contribution < 1.29 is 19.4 Å². The molecule has 158 valence electrons. The highest BCUT2D eigenvalue weighted by molar-refractivity contribution is 6.46. The lowest BCUT2D eigenvalue weighted by atomic mass is 9.94. The van der Waals surface area contributed by atoms with Crippen LogP contribution in [0.5, 0.6) is 5.75 Å². The largest absolute Gasteiger partial charge is 0.507 e. The molecule has 0 aromatic heterocycles. The maximum Gasteiger partial charge on any atom is 0.295 e. The third-order valence-corrected chi connectivity index (χ3v) is 5.45. The zero-order valence-electron chi connectivity index (χ0n) is 18.1. The molecule has 1 unspecified atom stereocenters. The highest BCUT2D eigenvalue weighted by Gasteiger charge is 2.45. The first-order chi connectivity index (χ1) is 14.4. The van der Waals surface area contributed by atoms with Crippen LogP contribution >= 0.6 is 0 Å². The molecule has 3 rings (SSSR count). The Labute approximate surface area is 178 Å². The van der Waals surface area contributed by atoms with Gasteiger partial charge in [0.1, 0.15) is 11.5 Å². The number of amides is 1. The Kier molecular flexibility index (Phi) is 6.60. The molecule has 0 bridgehead atoms. The second-order valence-corrected chi connectivity index (χ2v) is 7.71. The van der Waals surface area contributed by atoms with Gasteiger partial charge in [0.25, 0.3) is 11.7 Å². The number of aryl methyl sites for hydroxylation is 2. The quantitative estimate of drug-likeness (QED) is 0.402. The minimum Gasteiger partial charge on any atom is -0.507 e. The molecule has 0 saturated carbocycles. The molecule has 1 saturated heterocycles. The third kappa shape index (κ3) is 4.11. The summed E-state index contributed by atoms with van der Waals surface area (Å²) in [7, 11) is 0. The van der Waals surface area contributed by atoms with Gasteiger partial charge in [-0.1, -0.05) is 38.1 Å². The molecular weight excluding hydrogens is 378 g/mol. The Morgan fingerprint density at radius 2 is 1.70 bits per heavy atom. The lowest BCUT2D eigenvalue weighted by molar-refractivity contribution is -0.139. The summed E-state index contributed by atoms with van der Waals surface area (Å²) in [6.45, 7) is 9.00. The van der Waals surface area contributed by atoms with Crippen LogP contribution < -0.4 is 4.74 Å². The number of hydrogen-bond acceptors (Lipinski definition) is 4. The van der Waals surface area contributed by atoms with Crippen molar-refractivity contribution in [3.63, 3.8) is 0 Å². The summed E-state index contributed by atoms with van der Waals surface area (Å²) in [5.41, 5.74) is 3.56. The van der Waals surface area contributed by atoms with Crippen LogP contribution in [-0.2, 0) is 9.59 Å². The molecule has 1 amide bonds. The fraction of sp³-hybridized carbons (Fsp3) is 0.360. The van der Waals surface area contributed by atoms with Crippen LogP contribution in [0.1, 0.15) is 55.0 Å². The molecule has 2 aromatic carbocycles. The van der Waals surface area contributed by atoms with Crippen LogP contribution in [0.2, 0.25) is 0 Å². The summed E-state index contributed by atoms with van der Waals surface area (Å²) in [6.07, 6.45) is 1.62. The summed E-state index contributed by atoms with van der Waals surface area (Å²) in [6, 6.07) is 12.3. The molecular formula is C25H29NO4. The number of hydrogen-bond donors (Lipinski definition) is 1. The van der Waals surface area contributed by atoms with E-state index in [1.165, 1.54) is 0 Å². The first-order valence-electron chi connectivity index (χ1n) is 10.5. The van der Waals surface area contributed by atoms with Gasteiger partial charge in [-0.2, -0.15) is 0 Å². The van der Waals surface area contributed by atoms with Gasteiger partial charge in [-0.05, 0) is 61.6 Å². The molecule has 1 heterocycles. The standard InChI is InChI=1S/C25H29NO4/c1-5-13-26-22(18-9-11-20(12-10-18)30-14-6-2)21(24(28)25(26)29)23(27)19-8-7-16(3)17(4)15-19/h7-12,15,22,27H,5-6,13-14H2,1-4H3/b23-21-. The lowest BCUT2D eigenvalue weighted by Crippen LogP contribution is -2.30. The summed E-state index contributed by atoms with van der Waals surface area (Å²) >= 11 is 0. The van der Waals surface area contributed by atoms with Crippen LogP contribution in [0.3, 0.4) is 0 Å². The smallest absolute Gasteiger partial charge is 0.295 e. The Hall–Kier alpha value is -3.08. The van der Waals surface area contributed by atoms with Crippen molar-refractivity contribution in [2.75, 3.05) is 13.2 Å². The number of carbonyl (C=O) groups is 2. The van der Waals surface area contributed by atoms with Gasteiger partial charge < -0.3 is 14.7 Å². The number of Topliss-reactive ketones (excluding diaryl/α,β-unsaturated/α-hetero) is 1. The minimum absolute atomic E-state index is 0.133. The average Bonchev–Trinajstić information content (AvgIpc) is 2.99. The van der Waals surface area contributed by atoms with Gasteiger partial charge in [0, 0.05) is 12.1 Å². The Morgan fingerprint density at radius 3 is 2.30 bits per heavy atom. The van der Waals surface area contributed by atoms with E-state index in [9.17, 15) is 14.7 Å². The molecule has 30 heavy (non-hydrogen) atoms. The second-order valence-electron chi connectivity index (χ2n) is 7.71. The molecule has 0 aliphatic carbocycles. The first kappa shape index (κ1) is 21.6. The highest BCUT2D eigenvalue weighted by Crippen LogP contribution is 2.40. The van der Waals surface area contributed by atoms with Crippen LogP contribution in [0, 0.1) is 13.8 Å². The second kappa shape index (κ2) is 9.16. The molecule has 5 nitrogen and oxygen atoms in total. The molecule has 5 heteroatoms. The monoisotopic (exact) mass is 407 g/mol. The van der Waals surface area contributed by atoms with E-state index in [4.69, 9.17) is 4.74 Å². The fourth-order valence-electron chi connectivity index (χ4n) is 3.71. The molecule has 1 N–H and O–H groups in total. The summed E-state index contributed by atoms with van der Waals surface area (Å²) in [5.74, 6) is -0.609. The van der Waals surface area contributed by atoms with E-state index >= 15 is 0 Å². The maximum atomic E-state index is 12.9. The van der Waals surface area contributed by atoms with Crippen LogP contribution in [0.25, 0.3) is 5.76 Å². The number of likely N-dealkylation sites (tertiary alicyclic amines) is 1. The van der Waals surface area contributed by atoms with Crippen LogP contribution in [0.15, 0.2) is 48.0 Å². The Morgan fingerprint density at radius 1 is 1.00 bits per heavy atom. The number of rotatable bonds is 7. The summed E-state index contributed by atoms with van der Waals surface area (Å²) < 4.78 is 5.65. The lowest BCUT2D eigenvalue weighted by Gasteiger charge is -2.25. The zero-order chi connectivity index (χ0) is 21.8. The number of ether oxygens (including phenoxy) is 1. The van der Waals surface area contributed by atoms with Crippen molar-refractivity contribution in [1.29, 1.82) is 0 Å². The van der Waals surface area contributed by atoms with E-state index in [-0.39, 0.29) is 11.3 Å². The SMILES string of the molecule is CCCOc1ccc(C2/C(=C(/O)c3ccc(C)c(C)c3)C(=O)C(=O)N2CCC)cc1. The van der Waals surface area contributed by atoms with Crippen molar-refractivity contribution in [1.82, 2.24) is 4.90 Å². The van der Waals surface area contributed by atoms with Crippen LogP contribution in [0.4, 0.5) is 0 Å². The van der Waals surface area contributed by atoms with Gasteiger partial charge in [-0.3, -0.25) is 9.59 Å². The highest BCUT2D eigenvalue weighted by atomic mass is 16.5. The number of nitrogens with zero attached hydrogens (tertiary/aromatic N) is 1. The fourth-order valence-corrected chi connectivity index (χ4v) is 3.71. The minimum atomic E-state index is -0.643. The predicted molar refractivity (Wildman–Crippen MR) is 117 cm³/mol. The first-order valence-corrected chi connectivity index (χ1v) is 10.5. The van der Waals surface area contributed by atoms with Gasteiger partial charge in [0.15, 0.2) is 0 Å². The number of benzene rings is 2. The van der Waals surface area contributed by atoms with E-state index in [2.05, 4.69) is 0 Å². The van der Waals surface area contributed by atoms with Crippen LogP contribution in [-0.4, -0.2) is 34.8 Å². The number of aliphatic hydroxyl groups is 1. The predicted octanol–water partition coefficient (Wildman–Crippen LogP) is 4.92. The van der Waals surface area contributed by atoms with Crippen molar-refractivity contribution in [2.24, 2.45) is 0 Å². The summed E-state index contributed by atoms with van der Waals surface area (Å²) in [5, 5.41) is 11.1. The number of aliphatic hydroxyl groups excluding tert-OH is 1. The van der Waals surface area contributed by atoms with Gasteiger partial charge in [0.2, 0.25) is 0 Å². The van der Waals surface area contributed by atoms with E-state index in [0.29, 0.717) is 25.1 Å².